The minimum Gasteiger partial charge on any atom is -0.466 e. The third-order valence-electron chi connectivity index (χ3n) is 5.08. The number of halogens is 3. The molecule has 1 aliphatic rings. The van der Waals surface area contributed by atoms with Crippen LogP contribution < -0.4 is 14.9 Å². The van der Waals surface area contributed by atoms with Crippen molar-refractivity contribution in [2.24, 2.45) is 4.99 Å². The molecule has 0 saturated carbocycles. The van der Waals surface area contributed by atoms with Gasteiger partial charge in [0.05, 0.1) is 34.5 Å². The first-order chi connectivity index (χ1) is 15.2. The molecule has 0 radical (unpaired) electrons. The number of methoxy groups -OCH3 is 1. The molecular formula is C23H17F3N2O3S. The second kappa shape index (κ2) is 8.23. The molecular weight excluding hydrogens is 441 g/mol. The number of carbonyl (C=O) groups excluding carboxylic acids is 1. The zero-order valence-electron chi connectivity index (χ0n) is 17.0. The molecule has 2 heterocycles. The molecule has 1 atom stereocenters. The van der Waals surface area contributed by atoms with Crippen LogP contribution in [0.25, 0.3) is 6.08 Å². The average Bonchev–Trinajstić information content (AvgIpc) is 3.07. The minimum atomic E-state index is -4.44. The Balaban J connectivity index is 1.89. The summed E-state index contributed by atoms with van der Waals surface area (Å²) < 4.78 is 45.1. The molecule has 5 nitrogen and oxygen atoms in total. The summed E-state index contributed by atoms with van der Waals surface area (Å²) in [5.74, 6) is -0.586. The molecule has 0 N–H and O–H groups in total. The normalized spacial score (nSPS) is 16.5. The van der Waals surface area contributed by atoms with E-state index in [1.165, 1.54) is 29.9 Å². The summed E-state index contributed by atoms with van der Waals surface area (Å²) in [6.45, 7) is 1.68. The molecule has 32 heavy (non-hydrogen) atoms. The third-order valence-corrected chi connectivity index (χ3v) is 6.06. The van der Waals surface area contributed by atoms with E-state index in [2.05, 4.69) is 4.99 Å². The number of alkyl halides is 3. The van der Waals surface area contributed by atoms with Crippen LogP contribution in [0.3, 0.4) is 0 Å². The second-order valence-corrected chi connectivity index (χ2v) is 8.11. The van der Waals surface area contributed by atoms with Crippen molar-refractivity contribution >= 4 is 23.4 Å². The number of hydrogen-bond acceptors (Lipinski definition) is 5. The molecule has 2 aromatic carbocycles. The molecule has 164 valence electrons. The number of benzene rings is 2. The average molecular weight is 458 g/mol. The van der Waals surface area contributed by atoms with Crippen molar-refractivity contribution in [2.45, 2.75) is 19.1 Å². The van der Waals surface area contributed by atoms with Gasteiger partial charge in [0.25, 0.3) is 5.56 Å². The van der Waals surface area contributed by atoms with Gasteiger partial charge in [-0.3, -0.25) is 9.36 Å². The summed E-state index contributed by atoms with van der Waals surface area (Å²) in [4.78, 5) is 30.7. The lowest BCUT2D eigenvalue weighted by atomic mass is 9.96. The fraction of sp³-hybridized carbons (Fsp3) is 0.174. The molecule has 0 aliphatic carbocycles. The molecule has 4 rings (SSSR count). The van der Waals surface area contributed by atoms with E-state index in [9.17, 15) is 22.8 Å². The van der Waals surface area contributed by atoms with Gasteiger partial charge >= 0.3 is 12.1 Å². The molecule has 1 aliphatic heterocycles. The monoisotopic (exact) mass is 458 g/mol. The van der Waals surface area contributed by atoms with E-state index >= 15 is 0 Å². The van der Waals surface area contributed by atoms with E-state index < -0.39 is 29.3 Å². The van der Waals surface area contributed by atoms with Gasteiger partial charge in [-0.15, -0.1) is 0 Å². The lowest BCUT2D eigenvalue weighted by molar-refractivity contribution is -0.138. The zero-order chi connectivity index (χ0) is 23.0. The first-order valence-corrected chi connectivity index (χ1v) is 10.4. The molecule has 0 fully saturated rings. The van der Waals surface area contributed by atoms with Gasteiger partial charge in [-0.1, -0.05) is 53.8 Å². The number of esters is 1. The van der Waals surface area contributed by atoms with Crippen LogP contribution >= 0.6 is 11.3 Å². The Kier molecular flexibility index (Phi) is 5.60. The quantitative estimate of drug-likeness (QED) is 0.565. The summed E-state index contributed by atoms with van der Waals surface area (Å²) in [6, 6.07) is 12.9. The summed E-state index contributed by atoms with van der Waals surface area (Å²) in [6.07, 6.45) is -2.92. The molecule has 1 aromatic heterocycles. The highest BCUT2D eigenvalue weighted by Crippen LogP contribution is 2.31. The standard InChI is InChI=1S/C23H17F3N2O3S/c1-13-18(21(30)31-2)19(15-6-4-3-5-7-15)28-20(29)17(32-22(28)27-13)12-14-8-10-16(11-9-14)23(24,25)26/h3-12,19H,1-2H3. The fourth-order valence-corrected chi connectivity index (χ4v) is 4.61. The number of hydrogen-bond donors (Lipinski definition) is 0. The maximum absolute atomic E-state index is 13.3. The van der Waals surface area contributed by atoms with Gasteiger partial charge in [-0.25, -0.2) is 9.79 Å². The Hall–Kier alpha value is -3.46. The highest BCUT2D eigenvalue weighted by atomic mass is 32.1. The molecule has 9 heteroatoms. The van der Waals surface area contributed by atoms with Gasteiger partial charge in [-0.05, 0) is 36.3 Å². The Morgan fingerprint density at radius 1 is 1.12 bits per heavy atom. The third kappa shape index (κ3) is 3.91. The van der Waals surface area contributed by atoms with Crippen LogP contribution in [-0.2, 0) is 15.7 Å². The van der Waals surface area contributed by atoms with Gasteiger partial charge in [0.1, 0.15) is 0 Å². The summed E-state index contributed by atoms with van der Waals surface area (Å²) in [5.41, 5.74) is 0.697. The van der Waals surface area contributed by atoms with Crippen molar-refractivity contribution in [3.63, 3.8) is 0 Å². The Morgan fingerprint density at radius 2 is 1.78 bits per heavy atom. The second-order valence-electron chi connectivity index (χ2n) is 7.10. The number of thiazole rings is 1. The summed E-state index contributed by atoms with van der Waals surface area (Å²) in [7, 11) is 1.26. The van der Waals surface area contributed by atoms with Crippen molar-refractivity contribution in [1.82, 2.24) is 4.57 Å². The smallest absolute Gasteiger partial charge is 0.416 e. The van der Waals surface area contributed by atoms with E-state index in [-0.39, 0.29) is 5.57 Å². The fourth-order valence-electron chi connectivity index (χ4n) is 3.56. The Morgan fingerprint density at radius 3 is 2.38 bits per heavy atom. The predicted molar refractivity (Wildman–Crippen MR) is 114 cm³/mol. The largest absolute Gasteiger partial charge is 0.466 e. The van der Waals surface area contributed by atoms with Crippen LogP contribution in [0.15, 0.2) is 75.7 Å². The van der Waals surface area contributed by atoms with Crippen molar-refractivity contribution in [2.75, 3.05) is 7.11 Å². The van der Waals surface area contributed by atoms with Crippen LogP contribution in [0.4, 0.5) is 13.2 Å². The topological polar surface area (TPSA) is 60.7 Å². The first kappa shape index (κ1) is 21.8. The Labute approximate surface area is 184 Å². The van der Waals surface area contributed by atoms with Crippen molar-refractivity contribution < 1.29 is 22.7 Å². The van der Waals surface area contributed by atoms with Gasteiger partial charge in [0.2, 0.25) is 0 Å². The van der Waals surface area contributed by atoms with Gasteiger partial charge < -0.3 is 4.74 Å². The molecule has 1 unspecified atom stereocenters. The molecule has 0 spiro atoms. The molecule has 0 bridgehead atoms. The van der Waals surface area contributed by atoms with E-state index in [1.54, 1.807) is 31.2 Å². The number of aromatic nitrogens is 1. The zero-order valence-corrected chi connectivity index (χ0v) is 17.8. The Bertz CT molecular complexity index is 1390. The van der Waals surface area contributed by atoms with E-state index in [1.807, 2.05) is 6.07 Å². The maximum atomic E-state index is 13.3. The van der Waals surface area contributed by atoms with E-state index in [4.69, 9.17) is 4.74 Å². The van der Waals surface area contributed by atoms with E-state index in [0.29, 0.717) is 26.2 Å². The highest BCUT2D eigenvalue weighted by Gasteiger charge is 2.33. The number of allylic oxidation sites excluding steroid dienone is 1. The molecule has 0 saturated heterocycles. The lowest BCUT2D eigenvalue weighted by Crippen LogP contribution is -2.39. The SMILES string of the molecule is COC(=O)C1=C(C)N=c2sc(=Cc3ccc(C(F)(F)F)cc3)c(=O)n2C1c1ccccc1. The number of carbonyl (C=O) groups is 1. The molecule has 3 aromatic rings. The summed E-state index contributed by atoms with van der Waals surface area (Å²) in [5, 5.41) is 0. The van der Waals surface area contributed by atoms with Crippen molar-refractivity contribution in [1.29, 1.82) is 0 Å². The molecule has 0 amide bonds. The van der Waals surface area contributed by atoms with Gasteiger partial charge in [0.15, 0.2) is 4.80 Å². The number of ether oxygens (including phenoxy) is 1. The van der Waals surface area contributed by atoms with Gasteiger partial charge in [-0.2, -0.15) is 13.2 Å². The number of nitrogens with zero attached hydrogens (tertiary/aromatic N) is 2. The highest BCUT2D eigenvalue weighted by molar-refractivity contribution is 7.07. The van der Waals surface area contributed by atoms with Crippen LogP contribution in [0.2, 0.25) is 0 Å². The lowest BCUT2D eigenvalue weighted by Gasteiger charge is -2.24. The maximum Gasteiger partial charge on any atom is 0.416 e. The summed E-state index contributed by atoms with van der Waals surface area (Å²) >= 11 is 1.11. The minimum absolute atomic E-state index is 0.257. The number of fused-ring (bicyclic) bond motifs is 1. The van der Waals surface area contributed by atoms with Crippen molar-refractivity contribution in [3.8, 4) is 0 Å². The van der Waals surface area contributed by atoms with Crippen LogP contribution in [0.5, 0.6) is 0 Å². The van der Waals surface area contributed by atoms with Crippen LogP contribution in [-0.4, -0.2) is 17.6 Å². The van der Waals surface area contributed by atoms with Crippen LogP contribution in [0, 0.1) is 0 Å². The van der Waals surface area contributed by atoms with Gasteiger partial charge in [0, 0.05) is 0 Å². The van der Waals surface area contributed by atoms with Crippen molar-refractivity contribution in [3.05, 3.63) is 102 Å². The van der Waals surface area contributed by atoms with Crippen LogP contribution in [0.1, 0.15) is 29.7 Å². The van der Waals surface area contributed by atoms with E-state index in [0.717, 1.165) is 23.5 Å². The first-order valence-electron chi connectivity index (χ1n) is 9.54. The predicted octanol–water partition coefficient (Wildman–Crippen LogP) is 3.43. The number of rotatable bonds is 3.